The Hall–Kier alpha value is -0.670. The van der Waals surface area contributed by atoms with Crippen LogP contribution in [0.1, 0.15) is 38.5 Å². The van der Waals surface area contributed by atoms with E-state index in [9.17, 15) is 4.79 Å². The summed E-state index contributed by atoms with van der Waals surface area (Å²) < 4.78 is 5.56. The zero-order valence-corrected chi connectivity index (χ0v) is 11.1. The van der Waals surface area contributed by atoms with Gasteiger partial charge in [0.25, 0.3) is 0 Å². The quantitative estimate of drug-likeness (QED) is 0.729. The molecular weight excluding hydrogens is 220 g/mol. The van der Waals surface area contributed by atoms with Gasteiger partial charge in [0.1, 0.15) is 5.60 Å². The van der Waals surface area contributed by atoms with Crippen molar-refractivity contribution in [3.8, 4) is 0 Å². The smallest absolute Gasteiger partial charge is 0.164 e. The van der Waals surface area contributed by atoms with E-state index in [4.69, 9.17) is 4.74 Å². The van der Waals surface area contributed by atoms with Crippen LogP contribution in [-0.4, -0.2) is 18.0 Å². The topological polar surface area (TPSA) is 26.3 Å². The highest BCUT2D eigenvalue weighted by Crippen LogP contribution is 2.20. The van der Waals surface area contributed by atoms with Crippen molar-refractivity contribution in [2.45, 2.75) is 45.6 Å². The predicted octanol–water partition coefficient (Wildman–Crippen LogP) is 3.46. The van der Waals surface area contributed by atoms with Gasteiger partial charge < -0.3 is 4.74 Å². The molecule has 1 aromatic heterocycles. The van der Waals surface area contributed by atoms with Gasteiger partial charge in [-0.3, -0.25) is 4.79 Å². The van der Waals surface area contributed by atoms with Gasteiger partial charge in [0.15, 0.2) is 5.78 Å². The molecule has 2 nitrogen and oxygen atoms in total. The van der Waals surface area contributed by atoms with Crippen LogP contribution < -0.4 is 0 Å². The molecular formula is C13H20O2S. The summed E-state index contributed by atoms with van der Waals surface area (Å²) in [5.74, 6) is 0.213. The average Bonchev–Trinajstić information content (AvgIpc) is 2.78. The molecule has 0 aliphatic rings. The summed E-state index contributed by atoms with van der Waals surface area (Å²) in [6, 6.07) is 4.09. The van der Waals surface area contributed by atoms with E-state index in [2.05, 4.69) is 6.07 Å². The van der Waals surface area contributed by atoms with Crippen LogP contribution in [0.15, 0.2) is 17.5 Å². The van der Waals surface area contributed by atoms with Gasteiger partial charge in [-0.2, -0.15) is 0 Å². The summed E-state index contributed by atoms with van der Waals surface area (Å²) >= 11 is 1.70. The van der Waals surface area contributed by atoms with Crippen LogP contribution in [0.4, 0.5) is 0 Å². The Morgan fingerprint density at radius 2 is 2.25 bits per heavy atom. The lowest BCUT2D eigenvalue weighted by atomic mass is 9.94. The first-order chi connectivity index (χ1) is 7.62. The largest absolute Gasteiger partial charge is 0.368 e. The van der Waals surface area contributed by atoms with Gasteiger partial charge in [0.05, 0.1) is 0 Å². The van der Waals surface area contributed by atoms with Crippen molar-refractivity contribution < 1.29 is 9.53 Å². The van der Waals surface area contributed by atoms with Crippen molar-refractivity contribution >= 4 is 17.1 Å². The fourth-order valence-electron chi connectivity index (χ4n) is 1.65. The third kappa shape index (κ3) is 3.42. The van der Waals surface area contributed by atoms with Crippen LogP contribution in [0.5, 0.6) is 0 Å². The summed E-state index contributed by atoms with van der Waals surface area (Å²) in [4.78, 5) is 13.3. The molecule has 1 unspecified atom stereocenters. The van der Waals surface area contributed by atoms with Crippen molar-refractivity contribution in [1.29, 1.82) is 0 Å². The minimum absolute atomic E-state index is 0.213. The number of hydrogen-bond acceptors (Lipinski definition) is 3. The molecule has 0 aliphatic carbocycles. The van der Waals surface area contributed by atoms with Crippen LogP contribution in [-0.2, 0) is 16.0 Å². The van der Waals surface area contributed by atoms with E-state index in [1.165, 1.54) is 4.88 Å². The van der Waals surface area contributed by atoms with E-state index in [1.54, 1.807) is 11.3 Å². The van der Waals surface area contributed by atoms with Gasteiger partial charge in [-0.25, -0.2) is 0 Å². The lowest BCUT2D eigenvalue weighted by Crippen LogP contribution is -2.38. The predicted molar refractivity (Wildman–Crippen MR) is 68.0 cm³/mol. The van der Waals surface area contributed by atoms with Gasteiger partial charge in [-0.1, -0.05) is 13.0 Å². The monoisotopic (exact) mass is 240 g/mol. The second-order valence-corrected chi connectivity index (χ2v) is 5.05. The molecule has 0 radical (unpaired) electrons. The summed E-state index contributed by atoms with van der Waals surface area (Å²) in [7, 11) is 0. The fourth-order valence-corrected chi connectivity index (χ4v) is 2.36. The molecule has 0 spiro atoms. The van der Waals surface area contributed by atoms with Gasteiger partial charge in [0, 0.05) is 17.9 Å². The van der Waals surface area contributed by atoms with Gasteiger partial charge >= 0.3 is 0 Å². The van der Waals surface area contributed by atoms with Crippen molar-refractivity contribution in [2.75, 3.05) is 6.61 Å². The number of carbonyl (C=O) groups is 1. The highest BCUT2D eigenvalue weighted by molar-refractivity contribution is 7.09. The Morgan fingerprint density at radius 3 is 2.75 bits per heavy atom. The minimum atomic E-state index is -0.591. The van der Waals surface area contributed by atoms with Crippen LogP contribution >= 0.6 is 11.3 Å². The number of ketones is 1. The third-order valence-corrected chi connectivity index (χ3v) is 3.84. The Kier molecular flexibility index (Phi) is 5.16. The SMILES string of the molecule is CCOC(C)(CC)C(=O)CCc1cccs1. The maximum atomic E-state index is 12.1. The third-order valence-electron chi connectivity index (χ3n) is 2.91. The standard InChI is InChI=1S/C13H20O2S/c1-4-13(3,15-5-2)12(14)9-8-11-7-6-10-16-11/h6-7,10H,4-5,8-9H2,1-3H3. The number of Topliss-reactive ketones (excluding diaryl/α,β-unsaturated/α-hetero) is 1. The highest BCUT2D eigenvalue weighted by Gasteiger charge is 2.30. The van der Waals surface area contributed by atoms with Gasteiger partial charge in [-0.15, -0.1) is 11.3 Å². The van der Waals surface area contributed by atoms with E-state index >= 15 is 0 Å². The molecule has 0 saturated heterocycles. The van der Waals surface area contributed by atoms with Crippen molar-refractivity contribution in [1.82, 2.24) is 0 Å². The Labute approximate surface area is 102 Å². The normalized spacial score (nSPS) is 14.7. The second-order valence-electron chi connectivity index (χ2n) is 4.02. The Balaban J connectivity index is 2.50. The van der Waals surface area contributed by atoms with Crippen LogP contribution in [0, 0.1) is 0 Å². The molecule has 16 heavy (non-hydrogen) atoms. The van der Waals surface area contributed by atoms with Gasteiger partial charge in [0.2, 0.25) is 0 Å². The molecule has 1 rings (SSSR count). The van der Waals surface area contributed by atoms with E-state index in [0.29, 0.717) is 13.0 Å². The van der Waals surface area contributed by atoms with Crippen molar-refractivity contribution in [2.24, 2.45) is 0 Å². The second kappa shape index (κ2) is 6.16. The molecule has 0 amide bonds. The molecule has 90 valence electrons. The van der Waals surface area contributed by atoms with E-state index in [-0.39, 0.29) is 5.78 Å². The molecule has 0 bridgehead atoms. The Bertz CT molecular complexity index is 319. The summed E-state index contributed by atoms with van der Waals surface area (Å²) in [5.41, 5.74) is -0.591. The number of aryl methyl sites for hydroxylation is 1. The number of carbonyl (C=O) groups excluding carboxylic acids is 1. The lowest BCUT2D eigenvalue weighted by molar-refractivity contribution is -0.142. The average molecular weight is 240 g/mol. The van der Waals surface area contributed by atoms with E-state index in [1.807, 2.05) is 32.2 Å². The molecule has 0 fully saturated rings. The zero-order valence-electron chi connectivity index (χ0n) is 10.3. The molecule has 3 heteroatoms. The van der Waals surface area contributed by atoms with Crippen molar-refractivity contribution in [3.63, 3.8) is 0 Å². The van der Waals surface area contributed by atoms with Gasteiger partial charge in [-0.05, 0) is 38.1 Å². The maximum Gasteiger partial charge on any atom is 0.164 e. The molecule has 0 aliphatic heterocycles. The number of rotatable bonds is 7. The van der Waals surface area contributed by atoms with Crippen molar-refractivity contribution in [3.05, 3.63) is 22.4 Å². The van der Waals surface area contributed by atoms with E-state index < -0.39 is 5.60 Å². The first-order valence-corrected chi connectivity index (χ1v) is 6.70. The maximum absolute atomic E-state index is 12.1. The Morgan fingerprint density at radius 1 is 1.50 bits per heavy atom. The summed E-state index contributed by atoms with van der Waals surface area (Å²) in [6.07, 6.45) is 2.15. The molecule has 1 atom stereocenters. The summed E-state index contributed by atoms with van der Waals surface area (Å²) in [5, 5.41) is 2.04. The summed E-state index contributed by atoms with van der Waals surface area (Å²) in [6.45, 7) is 6.42. The molecule has 1 heterocycles. The minimum Gasteiger partial charge on any atom is -0.368 e. The first-order valence-electron chi connectivity index (χ1n) is 5.82. The zero-order chi connectivity index (χ0) is 12.0. The van der Waals surface area contributed by atoms with E-state index in [0.717, 1.165) is 12.8 Å². The lowest BCUT2D eigenvalue weighted by Gasteiger charge is -2.26. The first kappa shape index (κ1) is 13.4. The number of thiophene rings is 1. The number of ether oxygens (including phenoxy) is 1. The molecule has 0 aromatic carbocycles. The molecule has 1 aromatic rings. The fraction of sp³-hybridized carbons (Fsp3) is 0.615. The molecule has 0 saturated carbocycles. The van der Waals surface area contributed by atoms with Crippen LogP contribution in [0.25, 0.3) is 0 Å². The highest BCUT2D eigenvalue weighted by atomic mass is 32.1. The van der Waals surface area contributed by atoms with Crippen LogP contribution in [0.2, 0.25) is 0 Å². The number of hydrogen-bond donors (Lipinski definition) is 0. The van der Waals surface area contributed by atoms with Crippen LogP contribution in [0.3, 0.4) is 0 Å². The molecule has 0 N–H and O–H groups in total.